The van der Waals surface area contributed by atoms with Crippen LogP contribution in [0.1, 0.15) is 43.4 Å². The van der Waals surface area contributed by atoms with Gasteiger partial charge in [-0.3, -0.25) is 4.79 Å². The lowest BCUT2D eigenvalue weighted by molar-refractivity contribution is -0.148. The molecule has 0 bridgehead atoms. The molecular formula is C23H24N2O3. The fourth-order valence-electron chi connectivity index (χ4n) is 2.52. The molecule has 1 N–H and O–H groups in total. The molecule has 5 nitrogen and oxygen atoms in total. The minimum Gasteiger partial charge on any atom is -0.448 e. The fourth-order valence-corrected chi connectivity index (χ4v) is 2.52. The van der Waals surface area contributed by atoms with Crippen LogP contribution < -0.4 is 5.32 Å². The second-order valence-electron chi connectivity index (χ2n) is 6.90. The normalized spacial score (nSPS) is 12.2. The minimum absolute atomic E-state index is 0.160. The van der Waals surface area contributed by atoms with Crippen molar-refractivity contribution in [1.82, 2.24) is 0 Å². The number of hydrogen-bond donors (Lipinski definition) is 1. The van der Waals surface area contributed by atoms with Crippen LogP contribution in [0.25, 0.3) is 6.08 Å². The third-order valence-corrected chi connectivity index (χ3v) is 4.19. The van der Waals surface area contributed by atoms with E-state index in [9.17, 15) is 14.9 Å². The van der Waals surface area contributed by atoms with Gasteiger partial charge in [-0.05, 0) is 54.7 Å². The number of benzene rings is 2. The number of hydrogen-bond acceptors (Lipinski definition) is 4. The van der Waals surface area contributed by atoms with Gasteiger partial charge in [0.2, 0.25) is 0 Å². The number of ether oxygens (including phenoxy) is 1. The molecule has 1 atom stereocenters. The van der Waals surface area contributed by atoms with Crippen LogP contribution in [0.15, 0.2) is 54.1 Å². The van der Waals surface area contributed by atoms with E-state index in [0.717, 1.165) is 11.1 Å². The zero-order valence-corrected chi connectivity index (χ0v) is 16.5. The van der Waals surface area contributed by atoms with E-state index in [1.165, 1.54) is 18.6 Å². The number of nitrogens with one attached hydrogen (secondary N) is 1. The summed E-state index contributed by atoms with van der Waals surface area (Å²) in [6.45, 7) is 7.56. The van der Waals surface area contributed by atoms with Gasteiger partial charge in [-0.25, -0.2) is 4.79 Å². The maximum Gasteiger partial charge on any atom is 0.349 e. The Hall–Kier alpha value is -3.39. The van der Waals surface area contributed by atoms with Gasteiger partial charge in [0.1, 0.15) is 11.6 Å². The highest BCUT2D eigenvalue weighted by atomic mass is 16.5. The van der Waals surface area contributed by atoms with E-state index < -0.39 is 18.0 Å². The number of esters is 1. The van der Waals surface area contributed by atoms with Crippen LogP contribution in [-0.2, 0) is 14.3 Å². The van der Waals surface area contributed by atoms with Gasteiger partial charge in [-0.2, -0.15) is 5.26 Å². The molecule has 0 aromatic heterocycles. The van der Waals surface area contributed by atoms with Crippen molar-refractivity contribution in [2.75, 3.05) is 5.32 Å². The third-order valence-electron chi connectivity index (χ3n) is 4.19. The Balaban J connectivity index is 2.04. The molecule has 2 aromatic carbocycles. The number of carbonyl (C=O) groups excluding carboxylic acids is 2. The summed E-state index contributed by atoms with van der Waals surface area (Å²) < 4.78 is 5.16. The Morgan fingerprint density at radius 1 is 1.11 bits per heavy atom. The molecule has 0 spiro atoms. The van der Waals surface area contributed by atoms with E-state index in [1.807, 2.05) is 55.5 Å². The van der Waals surface area contributed by atoms with E-state index >= 15 is 0 Å². The van der Waals surface area contributed by atoms with Crippen LogP contribution in [-0.4, -0.2) is 18.0 Å². The van der Waals surface area contributed by atoms with Crippen LogP contribution in [0.3, 0.4) is 0 Å². The number of carbonyl (C=O) groups is 2. The van der Waals surface area contributed by atoms with Crippen molar-refractivity contribution in [2.45, 2.75) is 39.7 Å². The first kappa shape index (κ1) is 20.9. The fraction of sp³-hybridized carbons (Fsp3) is 0.261. The lowest BCUT2D eigenvalue weighted by atomic mass is 10.0. The predicted octanol–water partition coefficient (Wildman–Crippen LogP) is 4.60. The highest BCUT2D eigenvalue weighted by molar-refractivity contribution is 6.01. The molecule has 0 fully saturated rings. The molecule has 1 amide bonds. The molecule has 0 saturated heterocycles. The first-order valence-electron chi connectivity index (χ1n) is 9.10. The van der Waals surface area contributed by atoms with Gasteiger partial charge in [0.15, 0.2) is 6.10 Å². The number of aryl methyl sites for hydroxylation is 1. The Bertz CT molecular complexity index is 922. The Morgan fingerprint density at radius 2 is 1.79 bits per heavy atom. The maximum absolute atomic E-state index is 12.3. The van der Waals surface area contributed by atoms with Crippen molar-refractivity contribution >= 4 is 23.6 Å². The molecule has 0 aliphatic rings. The lowest BCUT2D eigenvalue weighted by Gasteiger charge is -2.13. The second kappa shape index (κ2) is 9.52. The Labute approximate surface area is 165 Å². The number of amides is 1. The summed E-state index contributed by atoms with van der Waals surface area (Å²) in [5.41, 5.74) is 3.34. The molecule has 5 heteroatoms. The predicted molar refractivity (Wildman–Crippen MR) is 109 cm³/mol. The van der Waals surface area contributed by atoms with Crippen LogP contribution >= 0.6 is 0 Å². The number of nitrogens with zero attached hydrogens (tertiary/aromatic N) is 1. The van der Waals surface area contributed by atoms with Crippen molar-refractivity contribution in [3.63, 3.8) is 0 Å². The smallest absolute Gasteiger partial charge is 0.349 e. The van der Waals surface area contributed by atoms with Crippen LogP contribution in [0.4, 0.5) is 5.69 Å². The molecule has 0 unspecified atom stereocenters. The molecular weight excluding hydrogens is 352 g/mol. The zero-order valence-electron chi connectivity index (χ0n) is 16.5. The van der Waals surface area contributed by atoms with Crippen LogP contribution in [0, 0.1) is 18.3 Å². The van der Waals surface area contributed by atoms with Gasteiger partial charge in [0.05, 0.1) is 0 Å². The molecule has 0 heterocycles. The largest absolute Gasteiger partial charge is 0.448 e. The van der Waals surface area contributed by atoms with Crippen molar-refractivity contribution in [3.8, 4) is 6.07 Å². The average Bonchev–Trinajstić information content (AvgIpc) is 2.66. The monoisotopic (exact) mass is 376 g/mol. The summed E-state index contributed by atoms with van der Waals surface area (Å²) in [6, 6.07) is 16.7. The van der Waals surface area contributed by atoms with E-state index in [4.69, 9.17) is 4.74 Å². The first-order valence-corrected chi connectivity index (χ1v) is 9.10. The highest BCUT2D eigenvalue weighted by Gasteiger charge is 2.20. The zero-order chi connectivity index (χ0) is 20.7. The van der Waals surface area contributed by atoms with Crippen LogP contribution in [0.2, 0.25) is 0 Å². The van der Waals surface area contributed by atoms with Crippen LogP contribution in [0.5, 0.6) is 0 Å². The van der Waals surface area contributed by atoms with Gasteiger partial charge in [-0.15, -0.1) is 0 Å². The van der Waals surface area contributed by atoms with Gasteiger partial charge in [0.25, 0.3) is 5.91 Å². The molecule has 0 saturated carbocycles. The highest BCUT2D eigenvalue weighted by Crippen LogP contribution is 2.17. The third kappa shape index (κ3) is 5.82. The molecule has 2 aromatic rings. The standard InChI is InChI=1S/C23H24N2O3/c1-15(2)19-10-8-18(9-11-19)13-20(14-24)23(27)28-17(4)22(26)25-21-7-5-6-16(3)12-21/h5-13,15,17H,1-4H3,(H,25,26)/b20-13+/t17-/m0/s1. The Kier molecular flexibility index (Phi) is 7.11. The van der Waals surface area contributed by atoms with Crippen molar-refractivity contribution in [3.05, 3.63) is 70.8 Å². The second-order valence-corrected chi connectivity index (χ2v) is 6.90. The quantitative estimate of drug-likeness (QED) is 0.454. The van der Waals surface area contributed by atoms with Gasteiger partial charge >= 0.3 is 5.97 Å². The van der Waals surface area contributed by atoms with Gasteiger partial charge in [-0.1, -0.05) is 50.2 Å². The molecule has 2 rings (SSSR count). The van der Waals surface area contributed by atoms with E-state index in [2.05, 4.69) is 19.2 Å². The average molecular weight is 376 g/mol. The lowest BCUT2D eigenvalue weighted by Crippen LogP contribution is -2.30. The summed E-state index contributed by atoms with van der Waals surface area (Å²) in [4.78, 5) is 24.5. The van der Waals surface area contributed by atoms with Crippen molar-refractivity contribution in [2.24, 2.45) is 0 Å². The van der Waals surface area contributed by atoms with Crippen molar-refractivity contribution < 1.29 is 14.3 Å². The minimum atomic E-state index is -1.03. The number of anilines is 1. The number of rotatable bonds is 6. The van der Waals surface area contributed by atoms with E-state index in [0.29, 0.717) is 11.6 Å². The maximum atomic E-state index is 12.3. The summed E-state index contributed by atoms with van der Waals surface area (Å²) in [5.74, 6) is -0.897. The van der Waals surface area contributed by atoms with E-state index in [1.54, 1.807) is 6.07 Å². The molecule has 0 aliphatic heterocycles. The summed E-state index contributed by atoms with van der Waals surface area (Å²) in [7, 11) is 0. The number of nitriles is 1. The van der Waals surface area contributed by atoms with Crippen molar-refractivity contribution in [1.29, 1.82) is 5.26 Å². The summed E-state index contributed by atoms with van der Waals surface area (Å²) in [5, 5.41) is 12.0. The van der Waals surface area contributed by atoms with Gasteiger partial charge < -0.3 is 10.1 Å². The summed E-state index contributed by atoms with van der Waals surface area (Å²) in [6.07, 6.45) is 0.422. The molecule has 0 radical (unpaired) electrons. The topological polar surface area (TPSA) is 79.2 Å². The SMILES string of the molecule is Cc1cccc(NC(=O)[C@H](C)OC(=O)/C(C#N)=C/c2ccc(C(C)C)cc2)c1. The molecule has 144 valence electrons. The van der Waals surface area contributed by atoms with Gasteiger partial charge in [0, 0.05) is 5.69 Å². The summed E-state index contributed by atoms with van der Waals surface area (Å²) >= 11 is 0. The first-order chi connectivity index (χ1) is 13.3. The Morgan fingerprint density at radius 3 is 2.36 bits per heavy atom. The molecule has 28 heavy (non-hydrogen) atoms. The van der Waals surface area contributed by atoms with E-state index in [-0.39, 0.29) is 5.57 Å². The molecule has 0 aliphatic carbocycles.